The van der Waals surface area contributed by atoms with Gasteiger partial charge in [0.25, 0.3) is 0 Å². The van der Waals surface area contributed by atoms with Crippen molar-refractivity contribution in [2.24, 2.45) is 0 Å². The molecule has 1 aliphatic carbocycles. The van der Waals surface area contributed by atoms with Gasteiger partial charge >= 0.3 is 0 Å². The van der Waals surface area contributed by atoms with Crippen molar-refractivity contribution in [3.63, 3.8) is 0 Å². The summed E-state index contributed by atoms with van der Waals surface area (Å²) in [5.41, 5.74) is 10.6. The van der Waals surface area contributed by atoms with Crippen molar-refractivity contribution in [1.29, 1.82) is 0 Å². The molecule has 1 aromatic carbocycles. The third kappa shape index (κ3) is 2.50. The number of aryl methyl sites for hydroxylation is 2. The fraction of sp³-hybridized carbons (Fsp3) is 0.471. The Hall–Kier alpha value is -1.97. The number of nitrogens with zero attached hydrogens (tertiary/aromatic N) is 2. The van der Waals surface area contributed by atoms with Gasteiger partial charge in [0.2, 0.25) is 0 Å². The zero-order valence-corrected chi connectivity index (χ0v) is 12.9. The van der Waals surface area contributed by atoms with E-state index in [-0.39, 0.29) is 0 Å². The lowest BCUT2D eigenvalue weighted by Crippen LogP contribution is -2.19. The highest BCUT2D eigenvalue weighted by molar-refractivity contribution is 5.74. The van der Waals surface area contributed by atoms with Gasteiger partial charge in [-0.1, -0.05) is 43.0 Å². The lowest BCUT2D eigenvalue weighted by atomic mass is 9.89. The molecule has 4 N–H and O–H groups in total. The van der Waals surface area contributed by atoms with Crippen LogP contribution >= 0.6 is 0 Å². The Kier molecular flexibility index (Phi) is 3.62. The minimum Gasteiger partial charge on any atom is -0.382 e. The van der Waals surface area contributed by atoms with E-state index in [1.807, 2.05) is 0 Å². The monoisotopic (exact) mass is 284 g/mol. The first-order valence-corrected chi connectivity index (χ1v) is 7.78. The van der Waals surface area contributed by atoms with Crippen molar-refractivity contribution in [1.82, 2.24) is 9.66 Å². The van der Waals surface area contributed by atoms with Gasteiger partial charge in [-0.2, -0.15) is 0 Å². The molecule has 0 radical (unpaired) electrons. The van der Waals surface area contributed by atoms with Crippen LogP contribution in [0.4, 0.5) is 5.82 Å². The van der Waals surface area contributed by atoms with Gasteiger partial charge in [-0.15, -0.1) is 0 Å². The van der Waals surface area contributed by atoms with Crippen molar-refractivity contribution >= 4 is 5.82 Å². The summed E-state index contributed by atoms with van der Waals surface area (Å²) in [6.45, 7) is 4.19. The number of nitrogens with two attached hydrogens (primary N) is 2. The molecule has 3 rings (SSSR count). The van der Waals surface area contributed by atoms with Gasteiger partial charge in [0.15, 0.2) is 5.82 Å². The molecule has 1 aromatic heterocycles. The van der Waals surface area contributed by atoms with Crippen LogP contribution in [-0.2, 0) is 0 Å². The Morgan fingerprint density at radius 2 is 1.86 bits per heavy atom. The molecule has 0 aliphatic heterocycles. The average molecular weight is 284 g/mol. The first kappa shape index (κ1) is 14.0. The van der Waals surface area contributed by atoms with E-state index in [1.165, 1.54) is 43.2 Å². The molecule has 1 aliphatic rings. The highest BCUT2D eigenvalue weighted by Crippen LogP contribution is 2.36. The van der Waals surface area contributed by atoms with E-state index in [4.69, 9.17) is 16.6 Å². The zero-order chi connectivity index (χ0) is 15.0. The number of nitrogen functional groups attached to an aromatic ring is 2. The second-order valence-electron chi connectivity index (χ2n) is 6.23. The SMILES string of the molecule is Cc1ccc(-c2nc(C3CCCCC3)n(N)c2N)c(C)c1. The predicted molar refractivity (Wildman–Crippen MR) is 87.5 cm³/mol. The van der Waals surface area contributed by atoms with Crippen LogP contribution in [0.25, 0.3) is 11.3 Å². The average Bonchev–Trinajstić information content (AvgIpc) is 2.77. The van der Waals surface area contributed by atoms with Crippen LogP contribution in [0.1, 0.15) is 55.0 Å². The summed E-state index contributed by atoms with van der Waals surface area (Å²) in [4.78, 5) is 4.81. The molecule has 0 unspecified atom stereocenters. The number of aromatic nitrogens is 2. The predicted octanol–water partition coefficient (Wildman–Crippen LogP) is 3.51. The minimum absolute atomic E-state index is 0.450. The standard InChI is InChI=1S/C17H24N4/c1-11-8-9-14(12(2)10-11)15-16(18)21(19)17(20-15)13-6-4-3-5-7-13/h8-10,13H,3-7,18-19H2,1-2H3. The van der Waals surface area contributed by atoms with Crippen LogP contribution in [0, 0.1) is 13.8 Å². The number of anilines is 1. The molecule has 4 nitrogen and oxygen atoms in total. The quantitative estimate of drug-likeness (QED) is 0.829. The maximum absolute atomic E-state index is 6.22. The summed E-state index contributed by atoms with van der Waals surface area (Å²) < 4.78 is 1.60. The molecule has 0 bridgehead atoms. The molecule has 0 amide bonds. The molecule has 1 heterocycles. The molecule has 0 atom stereocenters. The third-order valence-corrected chi connectivity index (χ3v) is 4.58. The third-order valence-electron chi connectivity index (χ3n) is 4.58. The van der Waals surface area contributed by atoms with Crippen LogP contribution in [0.15, 0.2) is 18.2 Å². The number of imidazole rings is 1. The number of hydrogen-bond donors (Lipinski definition) is 2. The first-order valence-electron chi connectivity index (χ1n) is 7.78. The second kappa shape index (κ2) is 5.43. The lowest BCUT2D eigenvalue weighted by molar-refractivity contribution is 0.424. The van der Waals surface area contributed by atoms with Gasteiger partial charge in [0, 0.05) is 11.5 Å². The summed E-state index contributed by atoms with van der Waals surface area (Å²) in [6, 6.07) is 6.34. The largest absolute Gasteiger partial charge is 0.382 e. The fourth-order valence-electron chi connectivity index (χ4n) is 3.39. The van der Waals surface area contributed by atoms with Gasteiger partial charge in [0.1, 0.15) is 11.5 Å². The van der Waals surface area contributed by atoms with Crippen molar-refractivity contribution in [3.05, 3.63) is 35.2 Å². The maximum Gasteiger partial charge on any atom is 0.150 e. The summed E-state index contributed by atoms with van der Waals surface area (Å²) in [7, 11) is 0. The highest BCUT2D eigenvalue weighted by Gasteiger charge is 2.24. The van der Waals surface area contributed by atoms with Crippen LogP contribution < -0.4 is 11.6 Å². The van der Waals surface area contributed by atoms with Gasteiger partial charge in [-0.3, -0.25) is 0 Å². The van der Waals surface area contributed by atoms with Crippen LogP contribution in [0.5, 0.6) is 0 Å². The molecule has 1 fully saturated rings. The number of benzene rings is 1. The molecular formula is C17H24N4. The van der Waals surface area contributed by atoms with E-state index in [2.05, 4.69) is 32.0 Å². The van der Waals surface area contributed by atoms with E-state index < -0.39 is 0 Å². The smallest absolute Gasteiger partial charge is 0.150 e. The summed E-state index contributed by atoms with van der Waals surface area (Å²) in [5.74, 6) is 8.15. The summed E-state index contributed by atoms with van der Waals surface area (Å²) in [5, 5.41) is 0. The van der Waals surface area contributed by atoms with Crippen molar-refractivity contribution < 1.29 is 0 Å². The molecule has 0 saturated heterocycles. The molecule has 112 valence electrons. The first-order chi connectivity index (χ1) is 10.1. The number of rotatable bonds is 2. The van der Waals surface area contributed by atoms with Crippen LogP contribution in [-0.4, -0.2) is 9.66 Å². The molecule has 4 heteroatoms. The van der Waals surface area contributed by atoms with Gasteiger partial charge in [-0.05, 0) is 32.3 Å². The molecular weight excluding hydrogens is 260 g/mol. The summed E-state index contributed by atoms with van der Waals surface area (Å²) in [6.07, 6.45) is 6.17. The van der Waals surface area contributed by atoms with E-state index in [0.29, 0.717) is 11.7 Å². The molecule has 1 saturated carbocycles. The molecule has 0 spiro atoms. The van der Waals surface area contributed by atoms with Gasteiger partial charge < -0.3 is 11.6 Å². The molecule has 21 heavy (non-hydrogen) atoms. The van der Waals surface area contributed by atoms with Crippen LogP contribution in [0.2, 0.25) is 0 Å². The Morgan fingerprint density at radius 1 is 1.14 bits per heavy atom. The normalized spacial score (nSPS) is 16.3. The van der Waals surface area contributed by atoms with E-state index >= 15 is 0 Å². The Morgan fingerprint density at radius 3 is 2.52 bits per heavy atom. The van der Waals surface area contributed by atoms with Crippen LogP contribution in [0.3, 0.4) is 0 Å². The fourth-order valence-corrected chi connectivity index (χ4v) is 3.39. The van der Waals surface area contributed by atoms with E-state index in [1.54, 1.807) is 4.68 Å². The molecule has 2 aromatic rings. The second-order valence-corrected chi connectivity index (χ2v) is 6.23. The Labute approximate surface area is 126 Å². The lowest BCUT2D eigenvalue weighted by Gasteiger charge is -2.20. The van der Waals surface area contributed by atoms with Gasteiger partial charge in [0.05, 0.1) is 0 Å². The topological polar surface area (TPSA) is 69.9 Å². The van der Waals surface area contributed by atoms with E-state index in [9.17, 15) is 0 Å². The van der Waals surface area contributed by atoms with E-state index in [0.717, 1.165) is 17.1 Å². The Bertz CT molecular complexity index is 651. The number of hydrogen-bond acceptors (Lipinski definition) is 3. The zero-order valence-electron chi connectivity index (χ0n) is 12.9. The van der Waals surface area contributed by atoms with Gasteiger partial charge in [-0.25, -0.2) is 9.66 Å². The maximum atomic E-state index is 6.22. The van der Waals surface area contributed by atoms with Crippen molar-refractivity contribution in [2.45, 2.75) is 51.9 Å². The summed E-state index contributed by atoms with van der Waals surface area (Å²) >= 11 is 0. The Balaban J connectivity index is 2.03. The highest BCUT2D eigenvalue weighted by atomic mass is 15.4. The minimum atomic E-state index is 0.450. The van der Waals surface area contributed by atoms with Crippen molar-refractivity contribution in [2.75, 3.05) is 11.6 Å². The van der Waals surface area contributed by atoms with Crippen molar-refractivity contribution in [3.8, 4) is 11.3 Å².